The Labute approximate surface area is 166 Å². The minimum atomic E-state index is -4.42. The summed E-state index contributed by atoms with van der Waals surface area (Å²) in [5.41, 5.74) is 5.90. The number of nitrogen functional groups attached to an aromatic ring is 1. The van der Waals surface area contributed by atoms with Gasteiger partial charge in [0.05, 0.1) is 28.3 Å². The molecule has 0 radical (unpaired) electrons. The Hall–Kier alpha value is -2.40. The van der Waals surface area contributed by atoms with E-state index in [-0.39, 0.29) is 18.2 Å². The average Bonchev–Trinajstić information content (AvgIpc) is 2.97. The largest absolute Gasteiger partial charge is 0.462 e. The first-order valence-corrected chi connectivity index (χ1v) is 9.89. The monoisotopic (exact) mass is 428 g/mol. The van der Waals surface area contributed by atoms with Crippen LogP contribution in [-0.4, -0.2) is 27.5 Å². The Bertz CT molecular complexity index is 1020. The molecule has 3 heterocycles. The third kappa shape index (κ3) is 4.20. The van der Waals surface area contributed by atoms with Crippen molar-refractivity contribution in [2.45, 2.75) is 30.8 Å². The van der Waals surface area contributed by atoms with Crippen molar-refractivity contribution in [3.63, 3.8) is 0 Å². The molecule has 0 saturated carbocycles. The van der Waals surface area contributed by atoms with Crippen molar-refractivity contribution in [3.05, 3.63) is 40.2 Å². The average molecular weight is 428 g/mol. The van der Waals surface area contributed by atoms with Gasteiger partial charge in [-0.2, -0.15) is 13.2 Å². The van der Waals surface area contributed by atoms with Gasteiger partial charge in [0.15, 0.2) is 0 Å². The van der Waals surface area contributed by atoms with Gasteiger partial charge in [-0.25, -0.2) is 19.7 Å². The topological polar surface area (TPSA) is 91.0 Å². The fourth-order valence-corrected chi connectivity index (χ4v) is 4.24. The van der Waals surface area contributed by atoms with Crippen LogP contribution in [0.4, 0.5) is 19.0 Å². The van der Waals surface area contributed by atoms with E-state index in [1.54, 1.807) is 13.8 Å². The Morgan fingerprint density at radius 2 is 2.07 bits per heavy atom. The lowest BCUT2D eigenvalue weighted by molar-refractivity contribution is -0.137. The molecule has 0 atom stereocenters. The summed E-state index contributed by atoms with van der Waals surface area (Å²) in [4.78, 5) is 25.5. The van der Waals surface area contributed by atoms with Crippen molar-refractivity contribution in [3.8, 4) is 0 Å². The number of nitrogens with zero attached hydrogens (tertiary/aromatic N) is 3. The summed E-state index contributed by atoms with van der Waals surface area (Å²) in [6.45, 7) is 3.74. The first kappa shape index (κ1) is 20.3. The SMILES string of the molecule is CCOC(=O)c1sc2nc(CSc3ccc(C(F)(F)F)cn3)nc(N)c2c1C. The molecule has 0 aliphatic rings. The molecule has 3 aromatic heterocycles. The van der Waals surface area contributed by atoms with Crippen LogP contribution in [0.3, 0.4) is 0 Å². The lowest BCUT2D eigenvalue weighted by Gasteiger charge is -2.07. The molecular weight excluding hydrogens is 413 g/mol. The molecule has 0 aliphatic heterocycles. The molecule has 11 heteroatoms. The molecule has 0 aromatic carbocycles. The summed E-state index contributed by atoms with van der Waals surface area (Å²) < 4.78 is 42.8. The van der Waals surface area contributed by atoms with Crippen LogP contribution in [0.5, 0.6) is 0 Å². The molecule has 0 saturated heterocycles. The van der Waals surface area contributed by atoms with Crippen LogP contribution in [0, 0.1) is 6.92 Å². The molecule has 2 N–H and O–H groups in total. The number of hydrogen-bond donors (Lipinski definition) is 1. The third-order valence-electron chi connectivity index (χ3n) is 3.74. The van der Waals surface area contributed by atoms with Gasteiger partial charge in [0.2, 0.25) is 0 Å². The number of halogens is 3. The summed E-state index contributed by atoms with van der Waals surface area (Å²) >= 11 is 2.36. The zero-order valence-electron chi connectivity index (χ0n) is 14.8. The molecule has 0 aliphatic carbocycles. The minimum absolute atomic E-state index is 0.241. The fourth-order valence-electron chi connectivity index (χ4n) is 2.44. The van der Waals surface area contributed by atoms with Crippen molar-refractivity contribution in [1.29, 1.82) is 0 Å². The number of aromatic nitrogens is 3. The zero-order chi connectivity index (χ0) is 20.5. The number of hydrogen-bond acceptors (Lipinski definition) is 8. The van der Waals surface area contributed by atoms with E-state index in [1.165, 1.54) is 29.2 Å². The number of pyridine rings is 1. The summed E-state index contributed by atoms with van der Waals surface area (Å²) in [6.07, 6.45) is -3.64. The van der Waals surface area contributed by atoms with E-state index in [0.29, 0.717) is 31.5 Å². The van der Waals surface area contributed by atoms with Gasteiger partial charge in [-0.15, -0.1) is 11.3 Å². The van der Waals surface area contributed by atoms with Crippen molar-refractivity contribution in [1.82, 2.24) is 15.0 Å². The van der Waals surface area contributed by atoms with Gasteiger partial charge in [0, 0.05) is 6.20 Å². The first-order valence-electron chi connectivity index (χ1n) is 8.09. The second kappa shape index (κ2) is 7.92. The lowest BCUT2D eigenvalue weighted by atomic mass is 10.2. The van der Waals surface area contributed by atoms with Gasteiger partial charge in [-0.05, 0) is 31.5 Å². The fraction of sp³-hybridized carbons (Fsp3) is 0.294. The summed E-state index contributed by atoms with van der Waals surface area (Å²) in [6, 6.07) is 2.27. The molecule has 0 amide bonds. The number of rotatable bonds is 5. The van der Waals surface area contributed by atoms with E-state index in [0.717, 1.165) is 12.3 Å². The zero-order valence-corrected chi connectivity index (χ0v) is 16.5. The van der Waals surface area contributed by atoms with E-state index in [2.05, 4.69) is 15.0 Å². The molecule has 6 nitrogen and oxygen atoms in total. The number of carbonyl (C=O) groups is 1. The molecule has 148 valence electrons. The van der Waals surface area contributed by atoms with Gasteiger partial charge in [-0.3, -0.25) is 0 Å². The summed E-state index contributed by atoms with van der Waals surface area (Å²) in [7, 11) is 0. The van der Waals surface area contributed by atoms with E-state index in [4.69, 9.17) is 10.5 Å². The number of anilines is 1. The van der Waals surface area contributed by atoms with Crippen molar-refractivity contribution in [2.75, 3.05) is 12.3 Å². The van der Waals surface area contributed by atoms with Crippen molar-refractivity contribution >= 4 is 45.1 Å². The first-order chi connectivity index (χ1) is 13.2. The van der Waals surface area contributed by atoms with Crippen LogP contribution < -0.4 is 5.73 Å². The normalized spacial score (nSPS) is 11.8. The Balaban J connectivity index is 1.81. The highest BCUT2D eigenvalue weighted by Gasteiger charge is 2.30. The Morgan fingerprint density at radius 1 is 1.32 bits per heavy atom. The van der Waals surface area contributed by atoms with E-state index >= 15 is 0 Å². The Morgan fingerprint density at radius 3 is 2.68 bits per heavy atom. The predicted molar refractivity (Wildman–Crippen MR) is 101 cm³/mol. The number of thioether (sulfide) groups is 1. The number of thiophene rings is 1. The smallest absolute Gasteiger partial charge is 0.417 e. The van der Waals surface area contributed by atoms with E-state index in [9.17, 15) is 18.0 Å². The van der Waals surface area contributed by atoms with Crippen LogP contribution in [0.2, 0.25) is 0 Å². The Kier molecular flexibility index (Phi) is 5.75. The molecule has 0 bridgehead atoms. The number of ether oxygens (including phenoxy) is 1. The maximum absolute atomic E-state index is 12.6. The number of alkyl halides is 3. The maximum atomic E-state index is 12.6. The van der Waals surface area contributed by atoms with Crippen molar-refractivity contribution in [2.24, 2.45) is 0 Å². The highest BCUT2D eigenvalue weighted by Crippen LogP contribution is 2.34. The van der Waals surface area contributed by atoms with E-state index < -0.39 is 17.7 Å². The minimum Gasteiger partial charge on any atom is -0.462 e. The van der Waals surface area contributed by atoms with E-state index in [1.807, 2.05) is 0 Å². The maximum Gasteiger partial charge on any atom is 0.417 e. The van der Waals surface area contributed by atoms with Gasteiger partial charge in [0.1, 0.15) is 21.3 Å². The lowest BCUT2D eigenvalue weighted by Crippen LogP contribution is -2.05. The van der Waals surface area contributed by atoms with Gasteiger partial charge in [-0.1, -0.05) is 11.8 Å². The second-order valence-corrected chi connectivity index (χ2v) is 7.65. The third-order valence-corrected chi connectivity index (χ3v) is 5.84. The van der Waals surface area contributed by atoms with Crippen LogP contribution in [-0.2, 0) is 16.7 Å². The molecular formula is C17H15F3N4O2S2. The molecule has 0 spiro atoms. The standard InChI is InChI=1S/C17H15F3N4O2S2/c1-3-26-16(25)13-8(2)12-14(21)23-10(24-15(12)28-13)7-27-11-5-4-9(6-22-11)17(18,19)20/h4-6H,3,7H2,1-2H3,(H2,21,23,24). The molecule has 0 fully saturated rings. The van der Waals surface area contributed by atoms with Crippen LogP contribution in [0.25, 0.3) is 10.2 Å². The molecule has 3 aromatic rings. The van der Waals surface area contributed by atoms with Gasteiger partial charge >= 0.3 is 12.1 Å². The quantitative estimate of drug-likeness (QED) is 0.474. The van der Waals surface area contributed by atoms with Gasteiger partial charge in [0.25, 0.3) is 0 Å². The number of nitrogens with two attached hydrogens (primary N) is 1. The van der Waals surface area contributed by atoms with Crippen LogP contribution in [0.1, 0.15) is 33.5 Å². The molecule has 3 rings (SSSR count). The number of fused-ring (bicyclic) bond motifs is 1. The second-order valence-electron chi connectivity index (χ2n) is 5.65. The highest BCUT2D eigenvalue weighted by molar-refractivity contribution is 7.98. The van der Waals surface area contributed by atoms with Crippen LogP contribution >= 0.6 is 23.1 Å². The number of aryl methyl sites for hydroxylation is 1. The molecule has 28 heavy (non-hydrogen) atoms. The van der Waals surface area contributed by atoms with Gasteiger partial charge < -0.3 is 10.5 Å². The highest BCUT2D eigenvalue weighted by atomic mass is 32.2. The van der Waals surface area contributed by atoms with Crippen LogP contribution in [0.15, 0.2) is 23.4 Å². The van der Waals surface area contributed by atoms with Crippen molar-refractivity contribution < 1.29 is 22.7 Å². The summed E-state index contributed by atoms with van der Waals surface area (Å²) in [5, 5.41) is 1.01. The summed E-state index contributed by atoms with van der Waals surface area (Å²) in [5.74, 6) is 0.468. The number of carbonyl (C=O) groups excluding carboxylic acids is 1. The number of esters is 1. The predicted octanol–water partition coefficient (Wildman–Crippen LogP) is 4.46. The molecule has 0 unspecified atom stereocenters.